The van der Waals surface area contributed by atoms with Gasteiger partial charge in [-0.15, -0.1) is 0 Å². The van der Waals surface area contributed by atoms with Crippen LogP contribution in [0.1, 0.15) is 31.7 Å². The Labute approximate surface area is 226 Å². The maximum absolute atomic E-state index is 13.5. The third kappa shape index (κ3) is 5.85. The van der Waals surface area contributed by atoms with E-state index in [1.807, 2.05) is 4.90 Å². The number of hydrogen-bond acceptors (Lipinski definition) is 7. The van der Waals surface area contributed by atoms with Crippen molar-refractivity contribution in [1.29, 1.82) is 0 Å². The first kappa shape index (κ1) is 29.2. The van der Waals surface area contributed by atoms with Crippen molar-refractivity contribution < 1.29 is 35.1 Å². The zero-order chi connectivity index (χ0) is 28.1. The molecule has 1 aromatic rings. The van der Waals surface area contributed by atoms with Gasteiger partial charge < -0.3 is 10.0 Å². The predicted octanol–water partition coefficient (Wildman–Crippen LogP) is 2.91. The van der Waals surface area contributed by atoms with Crippen LogP contribution in [0.5, 0.6) is 0 Å². The van der Waals surface area contributed by atoms with Gasteiger partial charge in [0.1, 0.15) is 0 Å². The molecule has 0 radical (unpaired) electrons. The summed E-state index contributed by atoms with van der Waals surface area (Å²) in [7, 11) is -7.53. The number of piperazine rings is 1. The fraction of sp³-hybridized carbons (Fsp3) is 0.542. The summed E-state index contributed by atoms with van der Waals surface area (Å²) in [5.41, 5.74) is -2.89. The van der Waals surface area contributed by atoms with E-state index in [1.54, 1.807) is 12.2 Å². The molecular weight excluding hydrogens is 563 g/mol. The number of rotatable bonds is 8. The van der Waals surface area contributed by atoms with Crippen LogP contribution in [-0.4, -0.2) is 86.1 Å². The van der Waals surface area contributed by atoms with Crippen molar-refractivity contribution in [3.63, 3.8) is 0 Å². The van der Waals surface area contributed by atoms with E-state index in [9.17, 15) is 35.1 Å². The zero-order valence-corrected chi connectivity index (χ0v) is 23.4. The van der Waals surface area contributed by atoms with Gasteiger partial charge in [0, 0.05) is 49.2 Å². The van der Waals surface area contributed by atoms with Crippen molar-refractivity contribution in [3.8, 4) is 0 Å². The molecule has 14 heteroatoms. The third-order valence-electron chi connectivity index (χ3n) is 7.11. The van der Waals surface area contributed by atoms with Crippen molar-refractivity contribution in [1.82, 2.24) is 8.61 Å². The van der Waals surface area contributed by atoms with Gasteiger partial charge in [-0.05, 0) is 43.5 Å². The first-order valence-corrected chi connectivity index (χ1v) is 15.8. The Morgan fingerprint density at radius 3 is 2.26 bits per heavy atom. The molecule has 2 fully saturated rings. The minimum atomic E-state index is -4.87. The van der Waals surface area contributed by atoms with Crippen molar-refractivity contribution in [2.45, 2.75) is 50.0 Å². The fourth-order valence-corrected chi connectivity index (χ4v) is 7.97. The third-order valence-corrected chi connectivity index (χ3v) is 10.9. The van der Waals surface area contributed by atoms with Crippen LogP contribution in [0.2, 0.25) is 0 Å². The lowest BCUT2D eigenvalue weighted by molar-refractivity contribution is -0.258. The summed E-state index contributed by atoms with van der Waals surface area (Å²) in [6, 6.07) is 4.43. The van der Waals surface area contributed by atoms with E-state index in [1.165, 1.54) is 39.0 Å². The molecule has 2 atom stereocenters. The largest absolute Gasteiger partial charge is 0.421 e. The molecule has 4 rings (SSSR count). The maximum Gasteiger partial charge on any atom is 0.421 e. The predicted molar refractivity (Wildman–Crippen MR) is 143 cm³/mol. The van der Waals surface area contributed by atoms with E-state index < -0.39 is 37.9 Å². The summed E-state index contributed by atoms with van der Waals surface area (Å²) < 4.78 is 94.6. The lowest BCUT2D eigenvalue weighted by Gasteiger charge is -2.44. The summed E-state index contributed by atoms with van der Waals surface area (Å²) in [4.78, 5) is 2.16. The molecule has 3 aliphatic rings. The number of sulfonamides is 2. The van der Waals surface area contributed by atoms with E-state index in [0.29, 0.717) is 36.7 Å². The van der Waals surface area contributed by atoms with Gasteiger partial charge in [0.05, 0.1) is 17.2 Å². The molecule has 0 aromatic heterocycles. The van der Waals surface area contributed by atoms with Gasteiger partial charge in [0.15, 0.2) is 5.60 Å². The molecule has 0 amide bonds. The second-order valence-electron chi connectivity index (χ2n) is 9.98. The minimum Gasteiger partial charge on any atom is -0.376 e. The zero-order valence-electron chi connectivity index (χ0n) is 20.9. The van der Waals surface area contributed by atoms with E-state index in [0.717, 1.165) is 6.26 Å². The van der Waals surface area contributed by atoms with Crippen molar-refractivity contribution in [2.75, 3.05) is 37.3 Å². The molecule has 1 saturated carbocycles. The highest BCUT2D eigenvalue weighted by atomic mass is 32.2. The topological polar surface area (TPSA) is 98.2 Å². The summed E-state index contributed by atoms with van der Waals surface area (Å²) in [6.45, 7) is 0.908. The van der Waals surface area contributed by atoms with Crippen LogP contribution in [0.4, 0.5) is 18.9 Å². The Bertz CT molecular complexity index is 1350. The average molecular weight is 594 g/mol. The standard InChI is InChI=1S/C24H30F3N3O5S3/c1-23(31,24(25,26)27)17-7-9-18(10-8-17)29-14-13-28(38(34,35)22-6-4-3-5-21(22)36)15-20(29)16-30(19-11-12-19)37(2,32)33/h3-4,6-10,19-20,31H,5,11-16H2,1-2H3/t20-,23-/m1/s1. The fourth-order valence-electron chi connectivity index (χ4n) is 4.70. The molecule has 1 aromatic carbocycles. The van der Waals surface area contributed by atoms with E-state index in [2.05, 4.69) is 0 Å². The van der Waals surface area contributed by atoms with Gasteiger partial charge in [-0.1, -0.05) is 36.5 Å². The Hall–Kier alpha value is -1.84. The van der Waals surface area contributed by atoms with Crippen molar-refractivity contribution in [2.24, 2.45) is 0 Å². The van der Waals surface area contributed by atoms with Crippen LogP contribution in [-0.2, 0) is 25.6 Å². The van der Waals surface area contributed by atoms with Crippen LogP contribution < -0.4 is 4.90 Å². The maximum atomic E-state index is 13.5. The van der Waals surface area contributed by atoms with Gasteiger partial charge in [-0.2, -0.15) is 21.8 Å². The van der Waals surface area contributed by atoms with Gasteiger partial charge in [-0.3, -0.25) is 0 Å². The van der Waals surface area contributed by atoms with Crippen LogP contribution in [0.25, 0.3) is 0 Å². The molecule has 0 spiro atoms. The number of benzene rings is 1. The Morgan fingerprint density at radius 1 is 1.11 bits per heavy atom. The second kappa shape index (κ2) is 10.3. The molecule has 1 N–H and O–H groups in total. The van der Waals surface area contributed by atoms with Gasteiger partial charge in [0.25, 0.3) is 0 Å². The summed E-state index contributed by atoms with van der Waals surface area (Å²) in [6.07, 6.45) is 2.84. The van der Waals surface area contributed by atoms with Crippen LogP contribution in [0.3, 0.4) is 0 Å². The van der Waals surface area contributed by atoms with Crippen LogP contribution >= 0.6 is 12.2 Å². The molecule has 38 heavy (non-hydrogen) atoms. The summed E-state index contributed by atoms with van der Waals surface area (Å²) in [5, 5.41) is 10.0. The molecule has 1 heterocycles. The molecule has 2 aliphatic carbocycles. The molecule has 0 bridgehead atoms. The number of allylic oxidation sites excluding steroid dienone is 4. The summed E-state index contributed by atoms with van der Waals surface area (Å²) >= 11 is 5.28. The van der Waals surface area contributed by atoms with Crippen molar-refractivity contribution >= 4 is 42.8 Å². The van der Waals surface area contributed by atoms with E-state index in [-0.39, 0.29) is 42.7 Å². The number of halogens is 3. The Kier molecular flexibility index (Phi) is 7.89. The molecular formula is C24H30F3N3O5S3. The van der Waals surface area contributed by atoms with Gasteiger partial charge in [0.2, 0.25) is 20.0 Å². The first-order valence-electron chi connectivity index (χ1n) is 12.1. The average Bonchev–Trinajstić information content (AvgIpc) is 3.66. The van der Waals surface area contributed by atoms with Crippen LogP contribution in [0.15, 0.2) is 47.4 Å². The highest BCUT2D eigenvalue weighted by Gasteiger charge is 2.51. The normalized spacial score (nSPS) is 23.4. The highest BCUT2D eigenvalue weighted by molar-refractivity contribution is 7.96. The lowest BCUT2D eigenvalue weighted by atomic mass is 9.95. The highest BCUT2D eigenvalue weighted by Crippen LogP contribution is 2.39. The van der Waals surface area contributed by atoms with Crippen molar-refractivity contribution in [3.05, 3.63) is 53.0 Å². The summed E-state index contributed by atoms with van der Waals surface area (Å²) in [5.74, 6) is 0. The van der Waals surface area contributed by atoms with E-state index in [4.69, 9.17) is 12.2 Å². The number of hydrogen-bond donors (Lipinski definition) is 1. The molecule has 0 unspecified atom stereocenters. The molecule has 1 aliphatic heterocycles. The quantitative estimate of drug-likeness (QED) is 0.463. The molecule has 210 valence electrons. The van der Waals surface area contributed by atoms with E-state index >= 15 is 0 Å². The van der Waals surface area contributed by atoms with Gasteiger partial charge >= 0.3 is 6.18 Å². The lowest BCUT2D eigenvalue weighted by Crippen LogP contribution is -2.59. The number of aliphatic hydroxyl groups is 1. The number of nitrogens with zero attached hydrogens (tertiary/aromatic N) is 3. The Morgan fingerprint density at radius 2 is 1.74 bits per heavy atom. The first-order chi connectivity index (χ1) is 17.5. The SMILES string of the molecule is C[C@@](O)(c1ccc(N2CCN(S(=O)(=O)C3=CC=CCC3=S)C[C@@H]2CN(C2CC2)S(C)(=O)=O)cc1)C(F)(F)F. The van der Waals surface area contributed by atoms with Crippen LogP contribution in [0, 0.1) is 0 Å². The number of anilines is 1. The minimum absolute atomic E-state index is 0.0148. The number of thiocarbonyl (C=S) groups is 1. The smallest absolute Gasteiger partial charge is 0.376 e. The monoisotopic (exact) mass is 593 g/mol. The second-order valence-corrected chi connectivity index (χ2v) is 14.3. The Balaban J connectivity index is 1.66. The molecule has 1 saturated heterocycles. The molecule has 8 nitrogen and oxygen atoms in total. The number of alkyl halides is 3. The van der Waals surface area contributed by atoms with Gasteiger partial charge in [-0.25, -0.2) is 16.8 Å².